The molecule has 2 heterocycles. The molecule has 8 nitrogen and oxygen atoms in total. The van der Waals surface area contributed by atoms with Crippen LogP contribution in [0.1, 0.15) is 51.1 Å². The molecule has 2 fully saturated rings. The minimum absolute atomic E-state index is 0.0262. The molecule has 48 heavy (non-hydrogen) atoms. The highest BCUT2D eigenvalue weighted by Gasteiger charge is 2.45. The van der Waals surface area contributed by atoms with Crippen LogP contribution < -0.4 is 20.5 Å². The molecule has 0 radical (unpaired) electrons. The molecule has 3 aromatic rings. The van der Waals surface area contributed by atoms with Crippen LogP contribution >= 0.6 is 0 Å². The Morgan fingerprint density at radius 1 is 1.00 bits per heavy atom. The van der Waals surface area contributed by atoms with Gasteiger partial charge in [0.05, 0.1) is 41.4 Å². The topological polar surface area (TPSA) is 102 Å². The first-order valence-corrected chi connectivity index (χ1v) is 17.2. The number of ether oxygens (including phenoxy) is 1. The van der Waals surface area contributed by atoms with Crippen molar-refractivity contribution in [2.24, 2.45) is 11.1 Å². The summed E-state index contributed by atoms with van der Waals surface area (Å²) >= 11 is 0. The fourth-order valence-electron chi connectivity index (χ4n) is 6.80. The van der Waals surface area contributed by atoms with Gasteiger partial charge < -0.3 is 19.9 Å². The van der Waals surface area contributed by atoms with Gasteiger partial charge in [-0.25, -0.2) is 13.6 Å². The third-order valence-corrected chi connectivity index (χ3v) is 10.4. The van der Waals surface area contributed by atoms with Gasteiger partial charge in [0.2, 0.25) is 10.0 Å². The zero-order chi connectivity index (χ0) is 34.9. The summed E-state index contributed by atoms with van der Waals surface area (Å²) in [6.45, 7) is 1.75. The van der Waals surface area contributed by atoms with Crippen LogP contribution in [-0.2, 0) is 16.6 Å². The maximum Gasteiger partial charge on any atom is 0.406 e. The molecule has 1 aromatic heterocycles. The number of halogens is 6. The highest BCUT2D eigenvalue weighted by Crippen LogP contribution is 2.41. The van der Waals surface area contributed by atoms with E-state index in [1.807, 2.05) is 6.07 Å². The Morgan fingerprint density at radius 2 is 1.69 bits per heavy atom. The Balaban J connectivity index is 1.29. The van der Waals surface area contributed by atoms with E-state index >= 15 is 0 Å². The van der Waals surface area contributed by atoms with E-state index in [1.54, 1.807) is 18.2 Å². The van der Waals surface area contributed by atoms with Gasteiger partial charge in [-0.15, -0.1) is 0 Å². The molecule has 0 amide bonds. The van der Waals surface area contributed by atoms with Crippen molar-refractivity contribution in [3.63, 3.8) is 0 Å². The van der Waals surface area contributed by atoms with E-state index in [1.165, 1.54) is 25.3 Å². The molecule has 4 N–H and O–H groups in total. The van der Waals surface area contributed by atoms with Gasteiger partial charge in [-0.2, -0.15) is 26.3 Å². The number of alkyl halides is 6. The predicted molar refractivity (Wildman–Crippen MR) is 172 cm³/mol. The molecule has 0 spiro atoms. The molecule has 0 bridgehead atoms. The number of nitrogens with two attached hydrogens (primary N) is 1. The zero-order valence-corrected chi connectivity index (χ0v) is 27.5. The Bertz CT molecular complexity index is 1780. The first-order valence-electron chi connectivity index (χ1n) is 15.7. The molecule has 2 aromatic carbocycles. The van der Waals surface area contributed by atoms with E-state index in [0.717, 1.165) is 30.3 Å². The number of primary sulfonamides is 1. The van der Waals surface area contributed by atoms with Crippen molar-refractivity contribution in [1.82, 2.24) is 9.47 Å². The molecule has 0 unspecified atom stereocenters. The minimum Gasteiger partial charge on any atom is -0.495 e. The number of sulfonamides is 1. The molecule has 2 aliphatic rings. The predicted octanol–water partition coefficient (Wildman–Crippen LogP) is 6.71. The highest BCUT2D eigenvalue weighted by molar-refractivity contribution is 7.89. The third kappa shape index (κ3) is 8.33. The number of piperidine rings is 1. The summed E-state index contributed by atoms with van der Waals surface area (Å²) < 4.78 is 110. The van der Waals surface area contributed by atoms with Gasteiger partial charge in [0.1, 0.15) is 12.3 Å². The van der Waals surface area contributed by atoms with Gasteiger partial charge in [0, 0.05) is 28.7 Å². The van der Waals surface area contributed by atoms with E-state index in [2.05, 4.69) is 34.3 Å². The van der Waals surface area contributed by atoms with Gasteiger partial charge >= 0.3 is 12.4 Å². The second-order valence-electron chi connectivity index (χ2n) is 12.8. The van der Waals surface area contributed by atoms with E-state index in [-0.39, 0.29) is 47.3 Å². The number of hydrogen-bond donors (Lipinski definition) is 3. The normalized spacial score (nSPS) is 21.5. The zero-order valence-electron chi connectivity index (χ0n) is 26.6. The number of likely N-dealkylation sites (tertiary alicyclic amines) is 1. The van der Waals surface area contributed by atoms with Crippen LogP contribution in [0.15, 0.2) is 47.4 Å². The van der Waals surface area contributed by atoms with Gasteiger partial charge in [-0.05, 0) is 94.8 Å². The summed E-state index contributed by atoms with van der Waals surface area (Å²) in [4.78, 5) is 2.06. The van der Waals surface area contributed by atoms with E-state index in [4.69, 9.17) is 9.88 Å². The molecule has 262 valence electrons. The number of aromatic nitrogens is 1. The molecule has 0 atom stereocenters. The summed E-state index contributed by atoms with van der Waals surface area (Å²) in [5.41, 5.74) is 1.48. The molecule has 1 saturated heterocycles. The standard InChI is InChI=1S/C33H39F6N5O3S/c1-31(43-17-12-22(13-18-43)33(37,38)39)14-10-23(11-15-31)42-27-6-3-7-29-26(27)19-24(44(29)21-32(34,35)36)5-4-16-41-28-9-8-25(48(40,45)46)20-30(28)47-2/h3,6-9,19-20,22-23,41-42H,10-18,21H2,1-2H3,(H2,40,45,46). The van der Waals surface area contributed by atoms with Gasteiger partial charge in [-0.1, -0.05) is 12.0 Å². The summed E-state index contributed by atoms with van der Waals surface area (Å²) in [6.07, 6.45) is -5.28. The lowest BCUT2D eigenvalue weighted by Gasteiger charge is -2.49. The fraction of sp³-hybridized carbons (Fsp3) is 0.515. The summed E-state index contributed by atoms with van der Waals surface area (Å²) in [7, 11) is -2.59. The van der Waals surface area contributed by atoms with Crippen LogP contribution in [0.2, 0.25) is 0 Å². The van der Waals surface area contributed by atoms with Gasteiger partial charge in [-0.3, -0.25) is 4.90 Å². The van der Waals surface area contributed by atoms with Crippen molar-refractivity contribution in [2.45, 2.75) is 80.8 Å². The van der Waals surface area contributed by atoms with Crippen LogP contribution in [-0.4, -0.2) is 68.6 Å². The maximum absolute atomic E-state index is 13.7. The van der Waals surface area contributed by atoms with Gasteiger partial charge in [0.25, 0.3) is 0 Å². The number of benzene rings is 2. The Kier molecular flexibility index (Phi) is 10.2. The first-order chi connectivity index (χ1) is 22.5. The third-order valence-electron chi connectivity index (χ3n) is 9.51. The first kappa shape index (κ1) is 35.7. The van der Waals surface area contributed by atoms with Crippen LogP contribution in [0.5, 0.6) is 5.75 Å². The lowest BCUT2D eigenvalue weighted by molar-refractivity contribution is -0.188. The monoisotopic (exact) mass is 699 g/mol. The summed E-state index contributed by atoms with van der Waals surface area (Å²) in [6, 6.07) is 10.9. The molecule has 1 saturated carbocycles. The number of hydrogen-bond acceptors (Lipinski definition) is 6. The highest BCUT2D eigenvalue weighted by atomic mass is 32.2. The van der Waals surface area contributed by atoms with Crippen molar-refractivity contribution in [3.05, 3.63) is 48.2 Å². The Hall–Kier alpha value is -3.61. The minimum atomic E-state index is -4.50. The van der Waals surface area contributed by atoms with Crippen molar-refractivity contribution >= 4 is 32.3 Å². The average molecular weight is 700 g/mol. The number of anilines is 2. The van der Waals surface area contributed by atoms with Gasteiger partial charge in [0.15, 0.2) is 0 Å². The molecular weight excluding hydrogens is 660 g/mol. The van der Waals surface area contributed by atoms with Crippen molar-refractivity contribution in [3.8, 4) is 17.6 Å². The molecular formula is C33H39F6N5O3S. The number of methoxy groups -OCH3 is 1. The molecule has 5 rings (SSSR count). The maximum atomic E-state index is 13.7. The lowest BCUT2D eigenvalue weighted by Crippen LogP contribution is -2.53. The summed E-state index contributed by atoms with van der Waals surface area (Å²) in [5, 5.41) is 12.3. The van der Waals surface area contributed by atoms with Crippen molar-refractivity contribution in [1.29, 1.82) is 0 Å². The quantitative estimate of drug-likeness (QED) is 0.179. The average Bonchev–Trinajstić information content (AvgIpc) is 3.36. The van der Waals surface area contributed by atoms with Crippen molar-refractivity contribution in [2.75, 3.05) is 37.4 Å². The van der Waals surface area contributed by atoms with E-state index in [0.29, 0.717) is 35.4 Å². The van der Waals surface area contributed by atoms with Crippen LogP contribution in [0.25, 0.3) is 10.9 Å². The largest absolute Gasteiger partial charge is 0.495 e. The second kappa shape index (κ2) is 13.7. The SMILES string of the molecule is COc1cc(S(N)(=O)=O)ccc1NCC#Cc1cc2c(NC3CCC(C)(N4CCC(C(F)(F)F)CC4)CC3)cccc2n1CC(F)(F)F. The smallest absolute Gasteiger partial charge is 0.406 e. The number of rotatable bonds is 8. The second-order valence-corrected chi connectivity index (χ2v) is 14.3. The molecule has 1 aliphatic carbocycles. The number of nitrogens with one attached hydrogen (secondary N) is 2. The van der Waals surface area contributed by atoms with Crippen LogP contribution in [0.4, 0.5) is 37.7 Å². The van der Waals surface area contributed by atoms with E-state index in [9.17, 15) is 34.8 Å². The fourth-order valence-corrected chi connectivity index (χ4v) is 7.33. The van der Waals surface area contributed by atoms with Crippen molar-refractivity contribution < 1.29 is 39.5 Å². The number of fused-ring (bicyclic) bond motifs is 1. The Labute approximate surface area is 276 Å². The van der Waals surface area contributed by atoms with Crippen LogP contribution in [0, 0.1) is 17.8 Å². The molecule has 15 heteroatoms. The Morgan fingerprint density at radius 3 is 2.29 bits per heavy atom. The van der Waals surface area contributed by atoms with E-state index < -0.39 is 34.8 Å². The summed E-state index contributed by atoms with van der Waals surface area (Å²) in [5.74, 6) is 4.66. The number of nitrogens with zero attached hydrogens (tertiary/aromatic N) is 2. The molecule has 1 aliphatic heterocycles. The van der Waals surface area contributed by atoms with Crippen LogP contribution in [0.3, 0.4) is 0 Å². The lowest BCUT2D eigenvalue weighted by atomic mass is 9.78.